The maximum absolute atomic E-state index is 10.6. The van der Waals surface area contributed by atoms with Crippen molar-refractivity contribution in [3.05, 3.63) is 30.1 Å². The van der Waals surface area contributed by atoms with Crippen LogP contribution in [0.3, 0.4) is 0 Å². The van der Waals surface area contributed by atoms with Crippen molar-refractivity contribution in [1.29, 1.82) is 0 Å². The number of pyridine rings is 1. The fourth-order valence-electron chi connectivity index (χ4n) is 3.42. The highest BCUT2D eigenvalue weighted by atomic mass is 16.5. The average Bonchev–Trinajstić information content (AvgIpc) is 2.55. The van der Waals surface area contributed by atoms with Crippen LogP contribution in [-0.2, 0) is 11.3 Å². The van der Waals surface area contributed by atoms with Gasteiger partial charge in [0.15, 0.2) is 0 Å². The van der Waals surface area contributed by atoms with Gasteiger partial charge in [0.05, 0.1) is 24.0 Å². The lowest BCUT2D eigenvalue weighted by atomic mass is 9.92. The lowest BCUT2D eigenvalue weighted by Gasteiger charge is -2.40. The van der Waals surface area contributed by atoms with Crippen LogP contribution >= 0.6 is 0 Å². The number of rotatable bonds is 5. The smallest absolute Gasteiger partial charge is 0.0898 e. The van der Waals surface area contributed by atoms with Gasteiger partial charge in [0.2, 0.25) is 0 Å². The molecule has 5 heteroatoms. The second kappa shape index (κ2) is 7.51. The second-order valence-corrected chi connectivity index (χ2v) is 6.61. The predicted molar refractivity (Wildman–Crippen MR) is 85.5 cm³/mol. The molecular weight excluding hydrogens is 278 g/mol. The molecule has 5 nitrogen and oxygen atoms in total. The summed E-state index contributed by atoms with van der Waals surface area (Å²) in [4.78, 5) is 6.67. The molecular formula is C17H27N3O2. The number of β-amino-alcohol motifs (C(OH)–C–C–N with tert-alkyl or cyclic N) is 1. The van der Waals surface area contributed by atoms with Gasteiger partial charge in [-0.1, -0.05) is 6.07 Å². The first-order valence-corrected chi connectivity index (χ1v) is 8.40. The van der Waals surface area contributed by atoms with Crippen molar-refractivity contribution in [2.24, 2.45) is 0 Å². The average molecular weight is 305 g/mol. The van der Waals surface area contributed by atoms with Crippen LogP contribution in [0.25, 0.3) is 0 Å². The molecule has 0 aliphatic carbocycles. The normalized spacial score (nSPS) is 27.9. The lowest BCUT2D eigenvalue weighted by molar-refractivity contribution is -0.0448. The van der Waals surface area contributed by atoms with Crippen LogP contribution < -0.4 is 5.32 Å². The van der Waals surface area contributed by atoms with Gasteiger partial charge in [0.25, 0.3) is 0 Å². The Labute approximate surface area is 132 Å². The number of nitrogens with one attached hydrogen (secondary N) is 1. The zero-order chi connectivity index (χ0) is 15.3. The van der Waals surface area contributed by atoms with Crippen molar-refractivity contribution in [3.63, 3.8) is 0 Å². The quantitative estimate of drug-likeness (QED) is 0.855. The van der Waals surface area contributed by atoms with Gasteiger partial charge in [-0.3, -0.25) is 4.98 Å². The van der Waals surface area contributed by atoms with E-state index in [1.165, 1.54) is 0 Å². The van der Waals surface area contributed by atoms with E-state index in [4.69, 9.17) is 4.74 Å². The predicted octanol–water partition coefficient (Wildman–Crippen LogP) is 1.18. The Bertz CT molecular complexity index is 440. The Kier molecular flexibility index (Phi) is 5.41. The molecule has 0 saturated carbocycles. The Balaban J connectivity index is 1.39. The number of likely N-dealkylation sites (tertiary alicyclic amines) is 1. The van der Waals surface area contributed by atoms with E-state index in [-0.39, 0.29) is 0 Å². The highest BCUT2D eigenvalue weighted by Crippen LogP contribution is 2.21. The minimum absolute atomic E-state index is 0.317. The zero-order valence-electron chi connectivity index (χ0n) is 13.2. The largest absolute Gasteiger partial charge is 0.387 e. The van der Waals surface area contributed by atoms with E-state index in [1.807, 2.05) is 18.2 Å². The van der Waals surface area contributed by atoms with E-state index in [9.17, 15) is 5.11 Å². The molecule has 22 heavy (non-hydrogen) atoms. The summed E-state index contributed by atoms with van der Waals surface area (Å²) in [5.74, 6) is 0. The molecule has 2 saturated heterocycles. The van der Waals surface area contributed by atoms with Crippen molar-refractivity contribution in [1.82, 2.24) is 15.2 Å². The number of ether oxygens (including phenoxy) is 1. The minimum atomic E-state index is -0.542. The highest BCUT2D eigenvalue weighted by molar-refractivity contribution is 5.02. The summed E-state index contributed by atoms with van der Waals surface area (Å²) >= 11 is 0. The molecule has 2 aliphatic heterocycles. The maximum Gasteiger partial charge on any atom is 0.0898 e. The summed E-state index contributed by atoms with van der Waals surface area (Å²) in [7, 11) is 0. The molecule has 0 spiro atoms. The van der Waals surface area contributed by atoms with Crippen LogP contribution in [0.1, 0.15) is 31.4 Å². The summed E-state index contributed by atoms with van der Waals surface area (Å²) in [6.07, 6.45) is 6.18. The van der Waals surface area contributed by atoms with E-state index in [1.54, 1.807) is 6.20 Å². The maximum atomic E-state index is 10.6. The number of nitrogens with zero attached hydrogens (tertiary/aromatic N) is 2. The molecule has 0 radical (unpaired) electrons. The van der Waals surface area contributed by atoms with Crippen LogP contribution in [-0.4, -0.2) is 59.4 Å². The van der Waals surface area contributed by atoms with E-state index in [2.05, 4.69) is 15.2 Å². The number of piperidine rings is 2. The second-order valence-electron chi connectivity index (χ2n) is 6.61. The van der Waals surface area contributed by atoms with Gasteiger partial charge in [-0.15, -0.1) is 0 Å². The van der Waals surface area contributed by atoms with Gasteiger partial charge < -0.3 is 20.1 Å². The van der Waals surface area contributed by atoms with Gasteiger partial charge in [-0.2, -0.15) is 0 Å². The van der Waals surface area contributed by atoms with E-state index in [0.717, 1.165) is 64.1 Å². The first-order chi connectivity index (χ1) is 10.7. The fourth-order valence-corrected chi connectivity index (χ4v) is 3.42. The highest BCUT2D eigenvalue weighted by Gasteiger charge is 2.32. The molecule has 1 aromatic rings. The third-order valence-corrected chi connectivity index (χ3v) is 4.70. The minimum Gasteiger partial charge on any atom is -0.387 e. The van der Waals surface area contributed by atoms with E-state index < -0.39 is 5.60 Å². The van der Waals surface area contributed by atoms with E-state index in [0.29, 0.717) is 12.7 Å². The third kappa shape index (κ3) is 4.49. The van der Waals surface area contributed by atoms with Gasteiger partial charge >= 0.3 is 0 Å². The molecule has 2 aliphatic rings. The number of hydrogen-bond acceptors (Lipinski definition) is 5. The summed E-state index contributed by atoms with van der Waals surface area (Å²) in [6, 6.07) is 5.92. The first-order valence-electron chi connectivity index (χ1n) is 8.40. The van der Waals surface area contributed by atoms with Gasteiger partial charge in [0, 0.05) is 32.4 Å². The van der Waals surface area contributed by atoms with Crippen LogP contribution in [0.4, 0.5) is 0 Å². The van der Waals surface area contributed by atoms with Crippen molar-refractivity contribution in [2.45, 2.75) is 44.0 Å². The summed E-state index contributed by atoms with van der Waals surface area (Å²) in [5.41, 5.74) is 0.451. The Morgan fingerprint density at radius 1 is 1.36 bits per heavy atom. The van der Waals surface area contributed by atoms with E-state index >= 15 is 0 Å². The molecule has 1 aromatic heterocycles. The van der Waals surface area contributed by atoms with Gasteiger partial charge in [-0.05, 0) is 44.4 Å². The number of aliphatic hydroxyl groups is 1. The van der Waals surface area contributed by atoms with Crippen LogP contribution in [0.15, 0.2) is 24.4 Å². The fraction of sp³-hybridized carbons (Fsp3) is 0.706. The SMILES string of the molecule is OC1(CN2CCC(OCc3ccccn3)CC2)CCCNC1. The summed E-state index contributed by atoms with van der Waals surface area (Å²) < 4.78 is 5.97. The Hall–Kier alpha value is -1.01. The Morgan fingerprint density at radius 2 is 2.23 bits per heavy atom. The molecule has 0 aromatic carbocycles. The first kappa shape index (κ1) is 15.9. The zero-order valence-corrected chi connectivity index (χ0v) is 13.2. The van der Waals surface area contributed by atoms with Crippen LogP contribution in [0, 0.1) is 0 Å². The summed E-state index contributed by atoms with van der Waals surface area (Å²) in [5, 5.41) is 13.9. The van der Waals surface area contributed by atoms with Crippen LogP contribution in [0.5, 0.6) is 0 Å². The molecule has 3 rings (SSSR count). The van der Waals surface area contributed by atoms with Gasteiger partial charge in [-0.25, -0.2) is 0 Å². The summed E-state index contributed by atoms with van der Waals surface area (Å²) in [6.45, 7) is 5.16. The van der Waals surface area contributed by atoms with Crippen LogP contribution in [0.2, 0.25) is 0 Å². The molecule has 1 atom stereocenters. The van der Waals surface area contributed by atoms with Crippen molar-refractivity contribution >= 4 is 0 Å². The monoisotopic (exact) mass is 305 g/mol. The van der Waals surface area contributed by atoms with Crippen molar-refractivity contribution < 1.29 is 9.84 Å². The third-order valence-electron chi connectivity index (χ3n) is 4.70. The van der Waals surface area contributed by atoms with Gasteiger partial charge in [0.1, 0.15) is 0 Å². The van der Waals surface area contributed by atoms with Crippen molar-refractivity contribution in [2.75, 3.05) is 32.7 Å². The molecule has 0 bridgehead atoms. The van der Waals surface area contributed by atoms with Crippen molar-refractivity contribution in [3.8, 4) is 0 Å². The standard InChI is InChI=1S/C17H27N3O2/c21-17(7-3-8-18-13-17)14-20-10-5-16(6-11-20)22-12-15-4-1-2-9-19-15/h1-2,4,9,16,18,21H,3,5-8,10-14H2. The molecule has 1 unspecified atom stereocenters. The lowest BCUT2D eigenvalue weighted by Crippen LogP contribution is -2.54. The number of hydrogen-bond donors (Lipinski definition) is 2. The molecule has 2 fully saturated rings. The Morgan fingerprint density at radius 3 is 2.91 bits per heavy atom. The molecule has 2 N–H and O–H groups in total. The molecule has 122 valence electrons. The number of aromatic nitrogens is 1. The molecule has 3 heterocycles. The topological polar surface area (TPSA) is 57.6 Å². The molecule has 0 amide bonds.